The van der Waals surface area contributed by atoms with E-state index >= 15 is 0 Å². The number of thiophene rings is 1. The molecule has 4 nitrogen and oxygen atoms in total. The van der Waals surface area contributed by atoms with E-state index in [0.717, 1.165) is 47.7 Å². The number of fused-ring (bicyclic) bond motifs is 10. The van der Waals surface area contributed by atoms with Gasteiger partial charge in [0.15, 0.2) is 5.82 Å². The minimum absolute atomic E-state index is 0.311. The maximum atomic E-state index is 5.50. The molecule has 1 N–H and O–H groups in total. The average Bonchev–Trinajstić information content (AvgIpc) is 3.87. The van der Waals surface area contributed by atoms with Crippen LogP contribution in [0.3, 0.4) is 0 Å². The van der Waals surface area contributed by atoms with Crippen molar-refractivity contribution >= 4 is 80.9 Å². The first kappa shape index (κ1) is 34.2. The Bertz CT molecular complexity index is 3420. The fourth-order valence-electron chi connectivity index (χ4n) is 9.77. The third-order valence-electron chi connectivity index (χ3n) is 12.7. The zero-order chi connectivity index (χ0) is 39.2. The quantitative estimate of drug-likeness (QED) is 0.194. The third kappa shape index (κ3) is 5.35. The van der Waals surface area contributed by atoms with Gasteiger partial charge in [-0.25, -0.2) is 9.97 Å². The number of aromatic nitrogens is 3. The third-order valence-corrected chi connectivity index (χ3v) is 13.8. The van der Waals surface area contributed by atoms with E-state index in [2.05, 4.69) is 182 Å². The summed E-state index contributed by atoms with van der Waals surface area (Å²) in [5, 5.41) is 11.0. The Morgan fingerprint density at radius 3 is 2.22 bits per heavy atom. The first-order valence-corrected chi connectivity index (χ1v) is 21.4. The summed E-state index contributed by atoms with van der Waals surface area (Å²) >= 11 is 1.87. The van der Waals surface area contributed by atoms with Gasteiger partial charge in [0.05, 0.1) is 22.4 Å². The fraction of sp³-hybridized carbons (Fsp3) is 0.111. The van der Waals surface area contributed by atoms with E-state index < -0.39 is 0 Å². The molecule has 0 saturated heterocycles. The lowest BCUT2D eigenvalue weighted by atomic mass is 9.80. The van der Waals surface area contributed by atoms with Crippen LogP contribution in [-0.4, -0.2) is 21.1 Å². The van der Waals surface area contributed by atoms with Crippen molar-refractivity contribution in [3.8, 4) is 22.4 Å². The van der Waals surface area contributed by atoms with Crippen LogP contribution in [0, 0.1) is 0 Å². The maximum absolute atomic E-state index is 5.50. The Balaban J connectivity index is 1.01. The second-order valence-corrected chi connectivity index (χ2v) is 17.6. The van der Waals surface area contributed by atoms with Crippen LogP contribution < -0.4 is 5.32 Å². The van der Waals surface area contributed by atoms with Crippen molar-refractivity contribution in [1.29, 1.82) is 0 Å². The smallest absolute Gasteiger partial charge is 0.160 e. The van der Waals surface area contributed by atoms with E-state index in [1.807, 2.05) is 17.5 Å². The lowest BCUT2D eigenvalue weighted by Crippen LogP contribution is -2.19. The molecule has 59 heavy (non-hydrogen) atoms. The molecule has 9 aromatic rings. The van der Waals surface area contributed by atoms with E-state index in [1.54, 1.807) is 0 Å². The molecule has 2 aliphatic carbocycles. The molecule has 3 aromatic heterocycles. The summed E-state index contributed by atoms with van der Waals surface area (Å²) in [5.41, 5.74) is 13.6. The van der Waals surface area contributed by atoms with E-state index in [0.29, 0.717) is 0 Å². The number of nitrogens with one attached hydrogen (secondary N) is 1. The first-order valence-electron chi connectivity index (χ1n) is 20.6. The van der Waals surface area contributed by atoms with Gasteiger partial charge >= 0.3 is 0 Å². The minimum Gasteiger partial charge on any atom is -0.387 e. The van der Waals surface area contributed by atoms with Crippen molar-refractivity contribution in [2.45, 2.75) is 32.1 Å². The molecule has 282 valence electrons. The summed E-state index contributed by atoms with van der Waals surface area (Å²) in [4.78, 5) is 10.9. The van der Waals surface area contributed by atoms with Gasteiger partial charge < -0.3 is 9.88 Å². The van der Waals surface area contributed by atoms with Crippen molar-refractivity contribution in [2.75, 3.05) is 6.54 Å². The van der Waals surface area contributed by atoms with E-state index in [1.165, 1.54) is 86.3 Å². The minimum atomic E-state index is -0.311. The van der Waals surface area contributed by atoms with Gasteiger partial charge in [0.2, 0.25) is 0 Å². The molecule has 0 atom stereocenters. The summed E-state index contributed by atoms with van der Waals surface area (Å²) in [6.45, 7) is 5.44. The normalized spacial score (nSPS) is 18.2. The molecule has 0 saturated carbocycles. The van der Waals surface area contributed by atoms with Crippen LogP contribution >= 0.6 is 11.3 Å². The molecule has 4 heterocycles. The van der Waals surface area contributed by atoms with Gasteiger partial charge in [0, 0.05) is 65.3 Å². The maximum Gasteiger partial charge on any atom is 0.160 e. The van der Waals surface area contributed by atoms with Crippen LogP contribution in [0.1, 0.15) is 49.3 Å². The predicted molar refractivity (Wildman–Crippen MR) is 251 cm³/mol. The average molecular weight is 777 g/mol. The van der Waals surface area contributed by atoms with Crippen LogP contribution in [0.15, 0.2) is 164 Å². The first-order chi connectivity index (χ1) is 29.0. The number of hydrogen-bond donors (Lipinski definition) is 1. The molecule has 0 bridgehead atoms. The zero-order valence-corrected chi connectivity index (χ0v) is 33.8. The second-order valence-electron chi connectivity index (χ2n) is 16.5. The lowest BCUT2D eigenvalue weighted by molar-refractivity contribution is 0.652. The van der Waals surface area contributed by atoms with Gasteiger partial charge in [-0.15, -0.1) is 11.3 Å². The molecule has 0 radical (unpaired) electrons. The number of benzene rings is 6. The van der Waals surface area contributed by atoms with Crippen LogP contribution in [0.2, 0.25) is 0 Å². The van der Waals surface area contributed by atoms with Crippen LogP contribution in [0.5, 0.6) is 0 Å². The van der Waals surface area contributed by atoms with E-state index in [9.17, 15) is 0 Å². The summed E-state index contributed by atoms with van der Waals surface area (Å²) in [7, 11) is 0. The monoisotopic (exact) mass is 776 g/mol. The highest BCUT2D eigenvalue weighted by atomic mass is 32.1. The fourth-order valence-corrected chi connectivity index (χ4v) is 10.9. The molecule has 0 spiro atoms. The number of allylic oxidation sites excluding steroid dienone is 8. The van der Waals surface area contributed by atoms with Gasteiger partial charge in [0.25, 0.3) is 0 Å². The van der Waals surface area contributed by atoms with Gasteiger partial charge in [-0.1, -0.05) is 123 Å². The number of hydrogen-bond acceptors (Lipinski definition) is 4. The van der Waals surface area contributed by atoms with Crippen molar-refractivity contribution in [3.63, 3.8) is 0 Å². The standard InChI is InChI=1S/C54H40N4S/c1-54(2)45-24-21-37(38-20-23-42-41-16-8-10-18-48(41)59-49(42)32-38)30-44(45)52-50(54)51(56-53(57-52)34-25-27-55-28-26-34)33-11-5-6-14-39(22-19-33)58-46-17-9-7-15-40(46)43-29-35-12-3-4-13-36(35)31-47(43)58/h3-4,7-27,29-32,55H,5-6,28H2,1-2H3/b22-19-,33-11+,39-14-. The Labute approximate surface area is 346 Å². The number of para-hydroxylation sites is 1. The number of dihydropyridines is 1. The van der Waals surface area contributed by atoms with Crippen molar-refractivity contribution in [3.05, 3.63) is 187 Å². The van der Waals surface area contributed by atoms with Crippen LogP contribution in [0.25, 0.3) is 92.0 Å². The largest absolute Gasteiger partial charge is 0.387 e. The molecular formula is C54H40N4S. The molecule has 12 rings (SSSR count). The molecule has 0 amide bonds. The van der Waals surface area contributed by atoms with E-state index in [-0.39, 0.29) is 5.41 Å². The van der Waals surface area contributed by atoms with Gasteiger partial charge in [-0.2, -0.15) is 0 Å². The highest BCUT2D eigenvalue weighted by molar-refractivity contribution is 7.25. The van der Waals surface area contributed by atoms with Crippen molar-refractivity contribution in [1.82, 2.24) is 19.9 Å². The Morgan fingerprint density at radius 1 is 0.593 bits per heavy atom. The summed E-state index contributed by atoms with van der Waals surface area (Å²) < 4.78 is 5.09. The van der Waals surface area contributed by atoms with E-state index in [4.69, 9.17) is 9.97 Å². The summed E-state index contributed by atoms with van der Waals surface area (Å²) in [6.07, 6.45) is 17.5. The molecule has 6 aromatic carbocycles. The topological polar surface area (TPSA) is 42.7 Å². The van der Waals surface area contributed by atoms with Crippen LogP contribution in [-0.2, 0) is 5.41 Å². The van der Waals surface area contributed by atoms with Gasteiger partial charge in [0.1, 0.15) is 0 Å². The molecule has 3 aliphatic rings. The van der Waals surface area contributed by atoms with Crippen molar-refractivity contribution < 1.29 is 0 Å². The van der Waals surface area contributed by atoms with Gasteiger partial charge in [-0.3, -0.25) is 0 Å². The Hall–Kier alpha value is -6.82. The SMILES string of the molecule is CC1(C)c2ccc(-c3ccc4c(c3)sc3ccccc34)cc2-c2nc(C3=CCNC=C3)nc(C3=C/CC/C=C(n4c5ccccc5c5cc6ccccc6cc54)/C=C\3)c21. The zero-order valence-electron chi connectivity index (χ0n) is 33.0. The molecular weight excluding hydrogens is 737 g/mol. The number of rotatable bonds is 4. The lowest BCUT2D eigenvalue weighted by Gasteiger charge is -2.24. The van der Waals surface area contributed by atoms with Crippen LogP contribution in [0.4, 0.5) is 0 Å². The Kier molecular flexibility index (Phi) is 7.60. The number of nitrogens with zero attached hydrogens (tertiary/aromatic N) is 3. The molecule has 0 unspecified atom stereocenters. The highest BCUT2D eigenvalue weighted by Crippen LogP contribution is 2.52. The molecule has 0 fully saturated rings. The Morgan fingerprint density at radius 2 is 1.34 bits per heavy atom. The highest BCUT2D eigenvalue weighted by Gasteiger charge is 2.40. The summed E-state index contributed by atoms with van der Waals surface area (Å²) in [6, 6.07) is 44.9. The second kappa shape index (κ2) is 13.1. The molecule has 1 aliphatic heterocycles. The summed E-state index contributed by atoms with van der Waals surface area (Å²) in [5.74, 6) is 0.763. The molecule has 5 heteroatoms. The van der Waals surface area contributed by atoms with Crippen molar-refractivity contribution in [2.24, 2.45) is 0 Å². The van der Waals surface area contributed by atoms with Gasteiger partial charge in [-0.05, 0) is 101 Å². The predicted octanol–water partition coefficient (Wildman–Crippen LogP) is 13.9.